The van der Waals surface area contributed by atoms with Crippen LogP contribution in [0.1, 0.15) is 44.9 Å². The van der Waals surface area contributed by atoms with Crippen LogP contribution in [0.15, 0.2) is 17.3 Å². The Morgan fingerprint density at radius 2 is 1.58 bits per heavy atom. The molecule has 0 spiro atoms. The summed E-state index contributed by atoms with van der Waals surface area (Å²) in [5.74, 6) is 0. The first-order valence-electron chi connectivity index (χ1n) is 6.58. The molecule has 0 aromatic carbocycles. The highest BCUT2D eigenvalue weighted by Gasteiger charge is 2.21. The van der Waals surface area contributed by atoms with Crippen molar-refractivity contribution in [1.82, 2.24) is 14.7 Å². The van der Waals surface area contributed by atoms with Crippen LogP contribution in [0.2, 0.25) is 5.28 Å². The number of nitrogens with zero attached hydrogens (tertiary/aromatic N) is 2. The molecule has 0 saturated heterocycles. The molecule has 0 atom stereocenters. The second-order valence-electron chi connectivity index (χ2n) is 4.85. The van der Waals surface area contributed by atoms with E-state index >= 15 is 0 Å². The number of sulfonamides is 1. The Bertz CT molecular complexity index is 496. The van der Waals surface area contributed by atoms with E-state index in [4.69, 9.17) is 11.6 Å². The molecule has 1 aliphatic carbocycles. The number of nitrogens with one attached hydrogen (secondary N) is 1. The topological polar surface area (TPSA) is 72.0 Å². The van der Waals surface area contributed by atoms with Gasteiger partial charge in [-0.1, -0.05) is 32.1 Å². The lowest BCUT2D eigenvalue weighted by molar-refractivity contribution is 0.426. The van der Waals surface area contributed by atoms with Gasteiger partial charge in [0.15, 0.2) is 0 Å². The molecule has 5 nitrogen and oxygen atoms in total. The van der Waals surface area contributed by atoms with E-state index in [1.165, 1.54) is 31.7 Å². The van der Waals surface area contributed by atoms with Crippen LogP contribution in [0.3, 0.4) is 0 Å². The fourth-order valence-corrected chi connectivity index (χ4v) is 3.59. The normalized spacial score (nSPS) is 18.8. The molecule has 0 amide bonds. The molecule has 2 rings (SSSR count). The van der Waals surface area contributed by atoms with Gasteiger partial charge in [0.2, 0.25) is 15.3 Å². The summed E-state index contributed by atoms with van der Waals surface area (Å²) in [6.07, 6.45) is 10.0. The maximum absolute atomic E-state index is 12.2. The molecule has 1 aliphatic rings. The first-order valence-corrected chi connectivity index (χ1v) is 8.44. The Morgan fingerprint density at radius 1 is 1.05 bits per heavy atom. The largest absolute Gasteiger partial charge is 0.243 e. The summed E-state index contributed by atoms with van der Waals surface area (Å²) in [5.41, 5.74) is 0. The van der Waals surface area contributed by atoms with Crippen LogP contribution in [0.5, 0.6) is 0 Å². The van der Waals surface area contributed by atoms with Gasteiger partial charge in [0.25, 0.3) is 0 Å². The lowest BCUT2D eigenvalue weighted by atomic mass is 9.97. The molecule has 0 radical (unpaired) electrons. The first-order chi connectivity index (χ1) is 9.08. The summed E-state index contributed by atoms with van der Waals surface area (Å²) in [7, 11) is -3.54. The van der Waals surface area contributed by atoms with Gasteiger partial charge in [-0.3, -0.25) is 0 Å². The summed E-state index contributed by atoms with van der Waals surface area (Å²) >= 11 is 5.56. The van der Waals surface area contributed by atoms with Crippen LogP contribution in [0.4, 0.5) is 0 Å². The number of aromatic nitrogens is 2. The van der Waals surface area contributed by atoms with E-state index in [0.717, 1.165) is 25.7 Å². The molecule has 1 N–H and O–H groups in total. The van der Waals surface area contributed by atoms with Crippen molar-refractivity contribution in [1.29, 1.82) is 0 Å². The number of halogens is 1. The average Bonchev–Trinajstić information content (AvgIpc) is 2.33. The molecular formula is C12H18ClN3O2S. The molecule has 1 heterocycles. The van der Waals surface area contributed by atoms with Gasteiger partial charge in [0, 0.05) is 6.04 Å². The van der Waals surface area contributed by atoms with E-state index < -0.39 is 10.0 Å². The molecule has 19 heavy (non-hydrogen) atoms. The third-order valence-corrected chi connectivity index (χ3v) is 5.00. The van der Waals surface area contributed by atoms with Crippen molar-refractivity contribution < 1.29 is 8.42 Å². The SMILES string of the molecule is O=S(=O)(NC1CCCCCCC1)c1cnc(Cl)nc1. The van der Waals surface area contributed by atoms with Gasteiger partial charge in [0.1, 0.15) is 4.90 Å². The standard InChI is InChI=1S/C12H18ClN3O2S/c13-12-14-8-11(9-15-12)19(17,18)16-10-6-4-2-1-3-5-7-10/h8-10,16H,1-7H2. The summed E-state index contributed by atoms with van der Waals surface area (Å²) in [5, 5.41) is 0.0462. The van der Waals surface area contributed by atoms with Crippen LogP contribution in [0.25, 0.3) is 0 Å². The fourth-order valence-electron chi connectivity index (χ4n) is 2.30. The van der Waals surface area contributed by atoms with Gasteiger partial charge in [-0.05, 0) is 24.4 Å². The zero-order chi connectivity index (χ0) is 13.7. The monoisotopic (exact) mass is 303 g/mol. The fraction of sp³-hybridized carbons (Fsp3) is 0.667. The minimum atomic E-state index is -3.54. The first kappa shape index (κ1) is 14.7. The number of hydrogen-bond acceptors (Lipinski definition) is 4. The molecule has 106 valence electrons. The minimum Gasteiger partial charge on any atom is -0.225 e. The van der Waals surface area contributed by atoms with Crippen molar-refractivity contribution in [2.45, 2.75) is 55.9 Å². The smallest absolute Gasteiger partial charge is 0.225 e. The lowest BCUT2D eigenvalue weighted by Crippen LogP contribution is -2.35. The highest BCUT2D eigenvalue weighted by Crippen LogP contribution is 2.19. The number of rotatable bonds is 3. The van der Waals surface area contributed by atoms with Crippen LogP contribution < -0.4 is 4.72 Å². The van der Waals surface area contributed by atoms with Gasteiger partial charge in [-0.2, -0.15) is 0 Å². The van der Waals surface area contributed by atoms with E-state index in [9.17, 15) is 8.42 Å². The molecule has 0 unspecified atom stereocenters. The lowest BCUT2D eigenvalue weighted by Gasteiger charge is -2.20. The van der Waals surface area contributed by atoms with Crippen molar-refractivity contribution in [2.24, 2.45) is 0 Å². The Morgan fingerprint density at radius 3 is 2.16 bits per heavy atom. The zero-order valence-electron chi connectivity index (χ0n) is 10.7. The summed E-state index contributed by atoms with van der Waals surface area (Å²) in [6, 6.07) is 0.0148. The molecule has 1 saturated carbocycles. The molecule has 7 heteroatoms. The Labute approximate surface area is 118 Å². The molecular weight excluding hydrogens is 286 g/mol. The molecule has 1 aromatic heterocycles. The van der Waals surface area contributed by atoms with Crippen molar-refractivity contribution in [2.75, 3.05) is 0 Å². The van der Waals surface area contributed by atoms with Crippen molar-refractivity contribution >= 4 is 21.6 Å². The number of hydrogen-bond donors (Lipinski definition) is 1. The van der Waals surface area contributed by atoms with Crippen molar-refractivity contribution in [3.8, 4) is 0 Å². The van der Waals surface area contributed by atoms with Crippen LogP contribution in [-0.4, -0.2) is 24.4 Å². The molecule has 0 bridgehead atoms. The van der Waals surface area contributed by atoms with E-state index in [1.54, 1.807) is 0 Å². The van der Waals surface area contributed by atoms with Crippen LogP contribution in [-0.2, 0) is 10.0 Å². The van der Waals surface area contributed by atoms with E-state index in [1.807, 2.05) is 0 Å². The quantitative estimate of drug-likeness (QED) is 0.871. The van der Waals surface area contributed by atoms with Crippen molar-refractivity contribution in [3.05, 3.63) is 17.7 Å². The predicted octanol–water partition coefficient (Wildman–Crippen LogP) is 2.52. The highest BCUT2D eigenvalue weighted by atomic mass is 35.5. The summed E-state index contributed by atoms with van der Waals surface area (Å²) in [6.45, 7) is 0. The summed E-state index contributed by atoms with van der Waals surface area (Å²) < 4.78 is 27.1. The predicted molar refractivity (Wildman–Crippen MR) is 73.5 cm³/mol. The minimum absolute atomic E-state index is 0.0148. The molecule has 1 fully saturated rings. The maximum atomic E-state index is 12.2. The van der Waals surface area contributed by atoms with Gasteiger partial charge in [0.05, 0.1) is 12.4 Å². The summed E-state index contributed by atoms with van der Waals surface area (Å²) in [4.78, 5) is 7.48. The second kappa shape index (κ2) is 6.63. The molecule has 1 aromatic rings. The van der Waals surface area contributed by atoms with Crippen LogP contribution in [0, 0.1) is 0 Å². The van der Waals surface area contributed by atoms with Crippen molar-refractivity contribution in [3.63, 3.8) is 0 Å². The van der Waals surface area contributed by atoms with E-state index in [0.29, 0.717) is 0 Å². The zero-order valence-corrected chi connectivity index (χ0v) is 12.3. The highest BCUT2D eigenvalue weighted by molar-refractivity contribution is 7.89. The van der Waals surface area contributed by atoms with Gasteiger partial charge in [-0.25, -0.2) is 23.1 Å². The third-order valence-electron chi connectivity index (χ3n) is 3.33. The average molecular weight is 304 g/mol. The van der Waals surface area contributed by atoms with Gasteiger partial charge >= 0.3 is 0 Å². The van der Waals surface area contributed by atoms with E-state index in [-0.39, 0.29) is 16.2 Å². The van der Waals surface area contributed by atoms with Crippen LogP contribution >= 0.6 is 11.6 Å². The second-order valence-corrected chi connectivity index (χ2v) is 6.90. The Hall–Kier alpha value is -0.720. The Kier molecular flexibility index (Phi) is 5.13. The van der Waals surface area contributed by atoms with E-state index in [2.05, 4.69) is 14.7 Å². The maximum Gasteiger partial charge on any atom is 0.243 e. The third kappa shape index (κ3) is 4.40. The molecule has 0 aliphatic heterocycles. The Balaban J connectivity index is 2.05. The van der Waals surface area contributed by atoms with Gasteiger partial charge < -0.3 is 0 Å². The van der Waals surface area contributed by atoms with Gasteiger partial charge in [-0.15, -0.1) is 0 Å².